The SMILES string of the molecule is CN1O[C@@H]2C(=O)N(CCNc3ncc(C(F)(F)F)cc3Cl)C(=O)[C@H]2[C@H]1c1coc2ccccc2c1=O. The lowest BCUT2D eigenvalue weighted by Crippen LogP contribution is -2.39. The van der Waals surface area contributed by atoms with Crippen molar-refractivity contribution in [3.05, 3.63) is 69.2 Å². The number of aromatic nitrogens is 1. The van der Waals surface area contributed by atoms with Gasteiger partial charge in [0.15, 0.2) is 11.5 Å². The van der Waals surface area contributed by atoms with Crippen molar-refractivity contribution in [3.8, 4) is 0 Å². The van der Waals surface area contributed by atoms with Crippen molar-refractivity contribution in [2.75, 3.05) is 25.5 Å². The first-order valence-corrected chi connectivity index (χ1v) is 11.2. The zero-order valence-corrected chi connectivity index (χ0v) is 19.3. The van der Waals surface area contributed by atoms with Gasteiger partial charge in [-0.2, -0.15) is 18.2 Å². The van der Waals surface area contributed by atoms with E-state index in [2.05, 4.69) is 10.3 Å². The van der Waals surface area contributed by atoms with Gasteiger partial charge in [-0.05, 0) is 18.2 Å². The number of hydroxylamine groups is 2. The van der Waals surface area contributed by atoms with Crippen molar-refractivity contribution in [3.63, 3.8) is 0 Å². The van der Waals surface area contributed by atoms with Crippen LogP contribution >= 0.6 is 11.6 Å². The fraction of sp³-hybridized carbons (Fsp3) is 0.304. The summed E-state index contributed by atoms with van der Waals surface area (Å²) in [5, 5.41) is 4.13. The van der Waals surface area contributed by atoms with Crippen molar-refractivity contribution in [2.24, 2.45) is 5.92 Å². The summed E-state index contributed by atoms with van der Waals surface area (Å²) in [5.74, 6) is -2.12. The van der Waals surface area contributed by atoms with Gasteiger partial charge in [-0.25, -0.2) is 4.98 Å². The number of hydrogen-bond acceptors (Lipinski definition) is 8. The second kappa shape index (κ2) is 8.87. The summed E-state index contributed by atoms with van der Waals surface area (Å²) in [6, 6.07) is 6.56. The van der Waals surface area contributed by atoms with Crippen molar-refractivity contribution < 1.29 is 32.0 Å². The number of alkyl halides is 3. The van der Waals surface area contributed by atoms with E-state index >= 15 is 0 Å². The maximum atomic E-state index is 13.2. The van der Waals surface area contributed by atoms with E-state index < -0.39 is 41.6 Å². The molecule has 0 saturated carbocycles. The molecule has 9 nitrogen and oxygen atoms in total. The average molecular weight is 523 g/mol. The number of benzene rings is 1. The smallest absolute Gasteiger partial charge is 0.417 e. The average Bonchev–Trinajstić information content (AvgIpc) is 3.28. The van der Waals surface area contributed by atoms with E-state index in [1.54, 1.807) is 24.3 Å². The maximum Gasteiger partial charge on any atom is 0.417 e. The number of rotatable bonds is 5. The van der Waals surface area contributed by atoms with E-state index in [0.29, 0.717) is 17.2 Å². The first kappa shape index (κ1) is 24.2. The minimum atomic E-state index is -4.59. The highest BCUT2D eigenvalue weighted by molar-refractivity contribution is 6.33. The molecule has 1 N–H and O–H groups in total. The van der Waals surface area contributed by atoms with Gasteiger partial charge in [0.05, 0.1) is 39.8 Å². The molecule has 5 rings (SSSR count). The maximum absolute atomic E-state index is 13.2. The molecular formula is C23H18ClF3N4O5. The Hall–Kier alpha value is -3.48. The van der Waals surface area contributed by atoms with Crippen LogP contribution < -0.4 is 10.7 Å². The summed E-state index contributed by atoms with van der Waals surface area (Å²) in [4.78, 5) is 49.6. The van der Waals surface area contributed by atoms with Crippen LogP contribution in [0.25, 0.3) is 11.0 Å². The third-order valence-corrected chi connectivity index (χ3v) is 6.51. The first-order chi connectivity index (χ1) is 17.1. The molecule has 0 radical (unpaired) electrons. The van der Waals surface area contributed by atoms with Crippen LogP contribution in [0.3, 0.4) is 0 Å². The van der Waals surface area contributed by atoms with Crippen LogP contribution in [0, 0.1) is 5.92 Å². The molecule has 2 aromatic heterocycles. The number of anilines is 1. The number of imide groups is 1. The lowest BCUT2D eigenvalue weighted by Gasteiger charge is -2.23. The molecule has 36 heavy (non-hydrogen) atoms. The Balaban J connectivity index is 1.33. The Labute approximate surface area is 206 Å². The molecule has 2 saturated heterocycles. The van der Waals surface area contributed by atoms with E-state index in [9.17, 15) is 27.6 Å². The summed E-state index contributed by atoms with van der Waals surface area (Å²) in [6.07, 6.45) is -3.80. The monoisotopic (exact) mass is 522 g/mol. The summed E-state index contributed by atoms with van der Waals surface area (Å²) in [7, 11) is 1.53. The van der Waals surface area contributed by atoms with Crippen molar-refractivity contribution in [1.29, 1.82) is 0 Å². The van der Waals surface area contributed by atoms with Crippen LogP contribution in [0.2, 0.25) is 5.02 Å². The molecule has 3 atom stereocenters. The Morgan fingerprint density at radius 2 is 1.92 bits per heavy atom. The topological polar surface area (TPSA) is 105 Å². The number of carbonyl (C=O) groups is 2. The lowest BCUT2D eigenvalue weighted by atomic mass is 9.91. The number of likely N-dealkylation sites (tertiary alicyclic amines) is 1. The van der Waals surface area contributed by atoms with Gasteiger partial charge in [-0.3, -0.25) is 24.1 Å². The van der Waals surface area contributed by atoms with Crippen LogP contribution in [0.5, 0.6) is 0 Å². The first-order valence-electron chi connectivity index (χ1n) is 10.8. The molecule has 0 aliphatic carbocycles. The minimum absolute atomic E-state index is 0.0202. The van der Waals surface area contributed by atoms with E-state index in [1.807, 2.05) is 0 Å². The number of fused-ring (bicyclic) bond motifs is 2. The number of nitrogens with zero attached hydrogens (tertiary/aromatic N) is 3. The lowest BCUT2D eigenvalue weighted by molar-refractivity contribution is -0.169. The van der Waals surface area contributed by atoms with Crippen LogP contribution in [-0.4, -0.2) is 53.0 Å². The molecule has 2 fully saturated rings. The Kier molecular flexibility index (Phi) is 5.97. The van der Waals surface area contributed by atoms with Crippen molar-refractivity contribution in [1.82, 2.24) is 14.9 Å². The summed E-state index contributed by atoms with van der Waals surface area (Å²) < 4.78 is 44.0. The molecule has 3 aromatic rings. The van der Waals surface area contributed by atoms with Crippen LogP contribution in [0.4, 0.5) is 19.0 Å². The van der Waals surface area contributed by atoms with E-state index in [1.165, 1.54) is 18.4 Å². The van der Waals surface area contributed by atoms with Crippen LogP contribution in [0.1, 0.15) is 17.2 Å². The molecule has 0 bridgehead atoms. The highest BCUT2D eigenvalue weighted by Gasteiger charge is 2.59. The molecule has 4 heterocycles. The van der Waals surface area contributed by atoms with Gasteiger partial charge < -0.3 is 9.73 Å². The second-order valence-electron chi connectivity index (χ2n) is 8.37. The van der Waals surface area contributed by atoms with E-state index in [-0.39, 0.29) is 34.9 Å². The number of carbonyl (C=O) groups excluding carboxylic acids is 2. The van der Waals surface area contributed by atoms with E-state index in [4.69, 9.17) is 20.9 Å². The van der Waals surface area contributed by atoms with Gasteiger partial charge in [0.25, 0.3) is 5.91 Å². The van der Waals surface area contributed by atoms with Gasteiger partial charge in [0, 0.05) is 26.3 Å². The van der Waals surface area contributed by atoms with Crippen LogP contribution in [-0.2, 0) is 20.6 Å². The van der Waals surface area contributed by atoms with Crippen molar-refractivity contribution in [2.45, 2.75) is 18.3 Å². The number of pyridine rings is 1. The van der Waals surface area contributed by atoms with Gasteiger partial charge in [0.1, 0.15) is 11.4 Å². The molecule has 1 aromatic carbocycles. The highest BCUT2D eigenvalue weighted by Crippen LogP contribution is 2.43. The number of nitrogens with one attached hydrogen (secondary N) is 1. The molecule has 2 amide bonds. The minimum Gasteiger partial charge on any atom is -0.464 e. The number of para-hydroxylation sites is 1. The summed E-state index contributed by atoms with van der Waals surface area (Å²) >= 11 is 5.89. The second-order valence-corrected chi connectivity index (χ2v) is 8.77. The number of halogens is 4. The van der Waals surface area contributed by atoms with Gasteiger partial charge in [0.2, 0.25) is 5.91 Å². The normalized spacial score (nSPS) is 22.5. The van der Waals surface area contributed by atoms with Crippen molar-refractivity contribution >= 4 is 40.2 Å². The quantitative estimate of drug-likeness (QED) is 0.509. The standard InChI is InChI=1S/C23H18ClF3N4O5/c1-30-17(13-10-35-15-5-3-2-4-12(15)18(13)32)16-19(36-30)22(34)31(21(16)33)7-6-28-20-14(24)8-11(9-29-20)23(25,26)27/h2-5,8-10,16-17,19H,6-7H2,1H3,(H,28,29)/t16-,17+,19-/m0/s1. The summed E-state index contributed by atoms with van der Waals surface area (Å²) in [6.45, 7) is -0.135. The zero-order valence-electron chi connectivity index (χ0n) is 18.6. The molecule has 2 aliphatic rings. The summed E-state index contributed by atoms with van der Waals surface area (Å²) in [5.41, 5.74) is -0.755. The molecule has 13 heteroatoms. The van der Waals surface area contributed by atoms with Crippen LogP contribution in [0.15, 0.2) is 52.0 Å². The molecule has 188 valence electrons. The predicted molar refractivity (Wildman–Crippen MR) is 121 cm³/mol. The van der Waals surface area contributed by atoms with E-state index in [0.717, 1.165) is 11.0 Å². The fourth-order valence-corrected chi connectivity index (χ4v) is 4.76. The largest absolute Gasteiger partial charge is 0.464 e. The third kappa shape index (κ3) is 4.00. The third-order valence-electron chi connectivity index (χ3n) is 6.22. The Morgan fingerprint density at radius 3 is 2.64 bits per heavy atom. The van der Waals surface area contributed by atoms with Gasteiger partial charge >= 0.3 is 6.18 Å². The number of amides is 2. The molecule has 2 aliphatic heterocycles. The van der Waals surface area contributed by atoms with Gasteiger partial charge in [-0.15, -0.1) is 0 Å². The highest BCUT2D eigenvalue weighted by atomic mass is 35.5. The van der Waals surface area contributed by atoms with Gasteiger partial charge in [-0.1, -0.05) is 23.7 Å². The molecular weight excluding hydrogens is 505 g/mol. The molecule has 0 unspecified atom stereocenters. The fourth-order valence-electron chi connectivity index (χ4n) is 4.52. The Morgan fingerprint density at radius 1 is 1.17 bits per heavy atom. The number of hydrogen-bond donors (Lipinski definition) is 1. The Bertz CT molecular complexity index is 1430. The zero-order chi connectivity index (χ0) is 25.8. The molecule has 0 spiro atoms. The predicted octanol–water partition coefficient (Wildman–Crippen LogP) is 3.24.